The number of aromatic nitrogens is 3. The Morgan fingerprint density at radius 1 is 1.17 bits per heavy atom. The van der Waals surface area contributed by atoms with E-state index in [4.69, 9.17) is 4.98 Å². The number of fused-ring (bicyclic) bond motifs is 1. The third-order valence-corrected chi connectivity index (χ3v) is 6.59. The van der Waals surface area contributed by atoms with Crippen molar-refractivity contribution in [2.75, 3.05) is 26.2 Å². The number of thiazole rings is 1. The monoisotopic (exact) mass is 413 g/mol. The molecular weight excluding hydrogens is 386 g/mol. The smallest absolute Gasteiger partial charge is 0.307 e. The molecule has 0 saturated carbocycles. The van der Waals surface area contributed by atoms with Gasteiger partial charge in [0.1, 0.15) is 5.65 Å². The number of pyridine rings is 1. The summed E-state index contributed by atoms with van der Waals surface area (Å²) in [4.78, 5) is 33.4. The van der Waals surface area contributed by atoms with Gasteiger partial charge in [0.2, 0.25) is 5.91 Å². The molecule has 4 rings (SSSR count). The van der Waals surface area contributed by atoms with Crippen molar-refractivity contribution in [1.29, 1.82) is 0 Å². The topological polar surface area (TPSA) is 62.9 Å². The van der Waals surface area contributed by atoms with Crippen LogP contribution in [0.2, 0.25) is 0 Å². The standard InChI is InChI=1S/C21H27N5O2S/c1-15-4-6-26-18(17(3)22-19(26)12-15)13-23-8-10-24(11-9-23)20(27)5-7-25-16(2)14-29-21(25)28/h4,6,12,14H,5,7-11,13H2,1-3H3. The molecule has 0 radical (unpaired) electrons. The van der Waals surface area contributed by atoms with E-state index in [9.17, 15) is 9.59 Å². The average molecular weight is 414 g/mol. The molecule has 1 aliphatic heterocycles. The van der Waals surface area contributed by atoms with Crippen LogP contribution in [0.5, 0.6) is 0 Å². The number of imidazole rings is 1. The van der Waals surface area contributed by atoms with Crippen LogP contribution in [0.15, 0.2) is 28.5 Å². The van der Waals surface area contributed by atoms with Crippen LogP contribution in [0, 0.1) is 20.8 Å². The number of aryl methyl sites for hydroxylation is 3. The van der Waals surface area contributed by atoms with Crippen LogP contribution >= 0.6 is 11.3 Å². The summed E-state index contributed by atoms with van der Waals surface area (Å²) in [7, 11) is 0. The summed E-state index contributed by atoms with van der Waals surface area (Å²) < 4.78 is 3.86. The third kappa shape index (κ3) is 4.13. The van der Waals surface area contributed by atoms with Crippen LogP contribution in [0.1, 0.15) is 29.1 Å². The predicted molar refractivity (Wildman–Crippen MR) is 114 cm³/mol. The van der Waals surface area contributed by atoms with Crippen molar-refractivity contribution in [3.05, 3.63) is 56.0 Å². The lowest BCUT2D eigenvalue weighted by molar-refractivity contribution is -0.133. The lowest BCUT2D eigenvalue weighted by Crippen LogP contribution is -2.48. The van der Waals surface area contributed by atoms with Gasteiger partial charge in [0.25, 0.3) is 0 Å². The second kappa shape index (κ2) is 8.12. The minimum Gasteiger partial charge on any atom is -0.340 e. The summed E-state index contributed by atoms with van der Waals surface area (Å²) in [5.41, 5.74) is 5.40. The number of rotatable bonds is 5. The molecule has 4 heterocycles. The fourth-order valence-corrected chi connectivity index (χ4v) is 4.67. The van der Waals surface area contributed by atoms with E-state index < -0.39 is 0 Å². The first-order valence-corrected chi connectivity index (χ1v) is 10.9. The number of carbonyl (C=O) groups excluding carboxylic acids is 1. The fraction of sp³-hybridized carbons (Fsp3) is 0.476. The summed E-state index contributed by atoms with van der Waals surface area (Å²) in [6.45, 7) is 10.5. The van der Waals surface area contributed by atoms with Crippen molar-refractivity contribution in [3.8, 4) is 0 Å². The van der Waals surface area contributed by atoms with Crippen molar-refractivity contribution in [1.82, 2.24) is 23.8 Å². The summed E-state index contributed by atoms with van der Waals surface area (Å²) in [6, 6.07) is 4.21. The van der Waals surface area contributed by atoms with Gasteiger partial charge in [-0.15, -0.1) is 0 Å². The van der Waals surface area contributed by atoms with Crippen LogP contribution in [0.4, 0.5) is 0 Å². The van der Waals surface area contributed by atoms with E-state index in [-0.39, 0.29) is 10.8 Å². The molecule has 3 aromatic heterocycles. The maximum atomic E-state index is 12.6. The zero-order valence-corrected chi connectivity index (χ0v) is 18.0. The summed E-state index contributed by atoms with van der Waals surface area (Å²) in [5, 5.41) is 1.84. The largest absolute Gasteiger partial charge is 0.340 e. The Kier molecular flexibility index (Phi) is 5.56. The average Bonchev–Trinajstić information content (AvgIpc) is 3.18. The number of amides is 1. The fourth-order valence-electron chi connectivity index (χ4n) is 3.91. The second-order valence-electron chi connectivity index (χ2n) is 7.78. The first-order chi connectivity index (χ1) is 13.9. The van der Waals surface area contributed by atoms with E-state index in [1.54, 1.807) is 4.57 Å². The maximum absolute atomic E-state index is 12.6. The van der Waals surface area contributed by atoms with Crippen molar-refractivity contribution >= 4 is 22.9 Å². The number of hydrogen-bond acceptors (Lipinski definition) is 5. The molecule has 1 fully saturated rings. The molecule has 0 spiro atoms. The highest BCUT2D eigenvalue weighted by atomic mass is 32.1. The Balaban J connectivity index is 1.33. The van der Waals surface area contributed by atoms with Gasteiger partial charge < -0.3 is 13.9 Å². The predicted octanol–water partition coefficient (Wildman–Crippen LogP) is 2.22. The molecule has 8 heteroatoms. The molecule has 0 bridgehead atoms. The van der Waals surface area contributed by atoms with Crippen LogP contribution in [0.3, 0.4) is 0 Å². The van der Waals surface area contributed by atoms with Gasteiger partial charge >= 0.3 is 4.87 Å². The Hall–Kier alpha value is -2.45. The minimum atomic E-state index is 0.0127. The lowest BCUT2D eigenvalue weighted by atomic mass is 10.2. The Labute approximate surface area is 174 Å². The number of carbonyl (C=O) groups is 1. The van der Waals surface area contributed by atoms with E-state index in [0.29, 0.717) is 13.0 Å². The quantitative estimate of drug-likeness (QED) is 0.643. The van der Waals surface area contributed by atoms with Crippen molar-refractivity contribution in [2.45, 2.75) is 40.3 Å². The molecule has 3 aromatic rings. The molecule has 0 N–H and O–H groups in total. The Bertz CT molecular complexity index is 1090. The van der Waals surface area contributed by atoms with Crippen LogP contribution in [-0.2, 0) is 17.9 Å². The molecule has 7 nitrogen and oxygen atoms in total. The maximum Gasteiger partial charge on any atom is 0.307 e. The zero-order chi connectivity index (χ0) is 20.5. The third-order valence-electron chi connectivity index (χ3n) is 5.70. The molecule has 0 unspecified atom stereocenters. The Morgan fingerprint density at radius 2 is 1.93 bits per heavy atom. The van der Waals surface area contributed by atoms with Gasteiger partial charge in [-0.3, -0.25) is 14.5 Å². The van der Waals surface area contributed by atoms with Gasteiger partial charge in [0.05, 0.1) is 11.4 Å². The summed E-state index contributed by atoms with van der Waals surface area (Å²) in [6.07, 6.45) is 2.47. The van der Waals surface area contributed by atoms with Crippen molar-refractivity contribution < 1.29 is 4.79 Å². The number of nitrogens with zero attached hydrogens (tertiary/aromatic N) is 5. The first kappa shape index (κ1) is 19.8. The van der Waals surface area contributed by atoms with E-state index in [1.165, 1.54) is 22.6 Å². The lowest BCUT2D eigenvalue weighted by Gasteiger charge is -2.34. The molecule has 1 aliphatic rings. The number of piperazine rings is 1. The van der Waals surface area contributed by atoms with Gasteiger partial charge in [-0.1, -0.05) is 11.3 Å². The van der Waals surface area contributed by atoms with Gasteiger partial charge in [-0.2, -0.15) is 0 Å². The molecule has 29 heavy (non-hydrogen) atoms. The SMILES string of the molecule is Cc1ccn2c(CN3CCN(C(=O)CCn4c(C)csc4=O)CC3)c(C)nc2c1. The molecule has 1 saturated heterocycles. The molecule has 154 valence electrons. The van der Waals surface area contributed by atoms with Crippen LogP contribution in [0.25, 0.3) is 5.65 Å². The highest BCUT2D eigenvalue weighted by Gasteiger charge is 2.22. The number of hydrogen-bond donors (Lipinski definition) is 0. The summed E-state index contributed by atoms with van der Waals surface area (Å²) >= 11 is 1.19. The molecule has 0 aliphatic carbocycles. The first-order valence-electron chi connectivity index (χ1n) is 10.0. The van der Waals surface area contributed by atoms with E-state index in [0.717, 1.165) is 49.8 Å². The second-order valence-corrected chi connectivity index (χ2v) is 8.60. The molecular formula is C21H27N5O2S. The van der Waals surface area contributed by atoms with E-state index >= 15 is 0 Å². The Morgan fingerprint density at radius 3 is 2.62 bits per heavy atom. The van der Waals surface area contributed by atoms with Gasteiger partial charge in [0, 0.05) is 63.0 Å². The van der Waals surface area contributed by atoms with Crippen LogP contribution in [-0.4, -0.2) is 55.8 Å². The van der Waals surface area contributed by atoms with Gasteiger partial charge in [-0.25, -0.2) is 4.98 Å². The van der Waals surface area contributed by atoms with Gasteiger partial charge in [-0.05, 0) is 38.5 Å². The highest BCUT2D eigenvalue weighted by molar-refractivity contribution is 7.07. The van der Waals surface area contributed by atoms with E-state index in [1.807, 2.05) is 17.2 Å². The van der Waals surface area contributed by atoms with Gasteiger partial charge in [0.15, 0.2) is 0 Å². The highest BCUT2D eigenvalue weighted by Crippen LogP contribution is 2.17. The molecule has 0 atom stereocenters. The van der Waals surface area contributed by atoms with Crippen molar-refractivity contribution in [3.63, 3.8) is 0 Å². The van der Waals surface area contributed by atoms with E-state index in [2.05, 4.69) is 41.5 Å². The molecule has 0 aromatic carbocycles. The summed E-state index contributed by atoms with van der Waals surface area (Å²) in [5.74, 6) is 0.128. The minimum absolute atomic E-state index is 0.0127. The zero-order valence-electron chi connectivity index (χ0n) is 17.2. The molecule has 1 amide bonds. The normalized spacial score (nSPS) is 15.3. The van der Waals surface area contributed by atoms with Crippen molar-refractivity contribution in [2.24, 2.45) is 0 Å². The van der Waals surface area contributed by atoms with Crippen LogP contribution < -0.4 is 4.87 Å².